The third kappa shape index (κ3) is 4.55. The lowest BCUT2D eigenvalue weighted by Gasteiger charge is -2.12. The average Bonchev–Trinajstić information content (AvgIpc) is 2.61. The summed E-state index contributed by atoms with van der Waals surface area (Å²) in [4.78, 5) is 12.2. The highest BCUT2D eigenvalue weighted by Gasteiger charge is 2.09. The van der Waals surface area contributed by atoms with Gasteiger partial charge in [-0.1, -0.05) is 36.4 Å². The first kappa shape index (κ1) is 18.3. The molecular weight excluding hydrogens is 394 g/mol. The number of rotatable bonds is 6. The number of carbonyl (C=O) groups excluding carboxylic acids is 1. The van der Waals surface area contributed by atoms with Crippen LogP contribution in [0.2, 0.25) is 0 Å². The fourth-order valence-electron chi connectivity index (χ4n) is 2.58. The van der Waals surface area contributed by atoms with Crippen molar-refractivity contribution in [3.63, 3.8) is 0 Å². The maximum Gasteiger partial charge on any atom is 0.262 e. The van der Waals surface area contributed by atoms with Gasteiger partial charge >= 0.3 is 0 Å². The van der Waals surface area contributed by atoms with Crippen LogP contribution in [0.3, 0.4) is 0 Å². The third-order valence-corrected chi connectivity index (χ3v) is 4.49. The highest BCUT2D eigenvalue weighted by atomic mass is 79.9. The molecule has 0 radical (unpaired) electrons. The Hall–Kier alpha value is -2.53. The van der Waals surface area contributed by atoms with E-state index >= 15 is 0 Å². The second-order valence-corrected chi connectivity index (χ2v) is 6.92. The molecule has 4 nitrogen and oxygen atoms in total. The van der Waals surface area contributed by atoms with E-state index in [1.807, 2.05) is 68.4 Å². The van der Waals surface area contributed by atoms with Crippen molar-refractivity contribution in [3.05, 3.63) is 65.1 Å². The largest absolute Gasteiger partial charge is 0.491 e. The molecular formula is C21H20BrNO3. The van der Waals surface area contributed by atoms with Crippen molar-refractivity contribution in [3.8, 4) is 11.5 Å². The van der Waals surface area contributed by atoms with E-state index in [2.05, 4.69) is 21.2 Å². The highest BCUT2D eigenvalue weighted by Crippen LogP contribution is 2.33. The number of anilines is 1. The van der Waals surface area contributed by atoms with Gasteiger partial charge < -0.3 is 14.8 Å². The van der Waals surface area contributed by atoms with Gasteiger partial charge in [0.25, 0.3) is 5.91 Å². The smallest absolute Gasteiger partial charge is 0.262 e. The van der Waals surface area contributed by atoms with Gasteiger partial charge in [-0.25, -0.2) is 0 Å². The number of benzene rings is 3. The number of hydrogen-bond acceptors (Lipinski definition) is 3. The molecule has 0 saturated carbocycles. The number of ether oxygens (including phenoxy) is 2. The summed E-state index contributed by atoms with van der Waals surface area (Å²) in [5.41, 5.74) is 0.675. The van der Waals surface area contributed by atoms with Gasteiger partial charge in [-0.2, -0.15) is 0 Å². The molecule has 0 aliphatic heterocycles. The second kappa shape index (κ2) is 8.23. The van der Waals surface area contributed by atoms with Gasteiger partial charge in [0.15, 0.2) is 6.61 Å². The molecule has 5 heteroatoms. The van der Waals surface area contributed by atoms with E-state index in [0.717, 1.165) is 21.0 Å². The quantitative estimate of drug-likeness (QED) is 0.587. The third-order valence-electron chi connectivity index (χ3n) is 3.68. The summed E-state index contributed by atoms with van der Waals surface area (Å²) in [5, 5.41) is 4.98. The van der Waals surface area contributed by atoms with E-state index in [1.165, 1.54) is 0 Å². The summed E-state index contributed by atoms with van der Waals surface area (Å²) < 4.78 is 12.2. The molecule has 26 heavy (non-hydrogen) atoms. The van der Waals surface area contributed by atoms with Gasteiger partial charge in [-0.15, -0.1) is 0 Å². The Balaban J connectivity index is 1.63. The molecule has 0 saturated heterocycles. The molecule has 0 aromatic heterocycles. The van der Waals surface area contributed by atoms with E-state index in [1.54, 1.807) is 6.07 Å². The second-order valence-electron chi connectivity index (χ2n) is 6.13. The van der Waals surface area contributed by atoms with Crippen LogP contribution in [0.1, 0.15) is 13.8 Å². The van der Waals surface area contributed by atoms with Crippen LogP contribution in [0.4, 0.5) is 5.69 Å². The predicted octanol–water partition coefficient (Wildman–Crippen LogP) is 5.41. The molecule has 3 aromatic rings. The Morgan fingerprint density at radius 2 is 1.88 bits per heavy atom. The molecule has 0 aliphatic rings. The lowest BCUT2D eigenvalue weighted by atomic mass is 10.1. The van der Waals surface area contributed by atoms with Crippen molar-refractivity contribution < 1.29 is 14.3 Å². The molecule has 134 valence electrons. The summed E-state index contributed by atoms with van der Waals surface area (Å²) in [6.07, 6.45) is 0.0783. The molecule has 0 heterocycles. The van der Waals surface area contributed by atoms with Gasteiger partial charge in [-0.05, 0) is 58.7 Å². The average molecular weight is 414 g/mol. The summed E-state index contributed by atoms with van der Waals surface area (Å²) in [7, 11) is 0. The number of nitrogens with one attached hydrogen (secondary N) is 1. The van der Waals surface area contributed by atoms with Crippen molar-refractivity contribution in [1.29, 1.82) is 0 Å². The van der Waals surface area contributed by atoms with Crippen molar-refractivity contribution >= 4 is 38.3 Å². The maximum absolute atomic E-state index is 12.2. The standard InChI is InChI=1S/C21H20BrNO3/c1-14(2)26-17-8-5-7-16(12-17)23-20(24)13-25-19-11-10-15-6-3-4-9-18(15)21(19)22/h3-12,14H,13H2,1-2H3,(H,23,24). The van der Waals surface area contributed by atoms with Crippen molar-refractivity contribution in [1.82, 2.24) is 0 Å². The summed E-state index contributed by atoms with van der Waals surface area (Å²) >= 11 is 3.56. The molecule has 1 N–H and O–H groups in total. The van der Waals surface area contributed by atoms with Crippen LogP contribution in [-0.2, 0) is 4.79 Å². The van der Waals surface area contributed by atoms with Crippen LogP contribution in [0.5, 0.6) is 11.5 Å². The lowest BCUT2D eigenvalue weighted by Crippen LogP contribution is -2.20. The Morgan fingerprint density at radius 3 is 2.69 bits per heavy atom. The zero-order valence-electron chi connectivity index (χ0n) is 14.7. The predicted molar refractivity (Wildman–Crippen MR) is 108 cm³/mol. The van der Waals surface area contributed by atoms with Gasteiger partial charge in [0.1, 0.15) is 11.5 Å². The fraction of sp³-hybridized carbons (Fsp3) is 0.190. The monoisotopic (exact) mass is 413 g/mol. The first-order chi connectivity index (χ1) is 12.5. The van der Waals surface area contributed by atoms with Gasteiger partial charge in [-0.3, -0.25) is 4.79 Å². The Labute approximate surface area is 161 Å². The lowest BCUT2D eigenvalue weighted by molar-refractivity contribution is -0.118. The van der Waals surface area contributed by atoms with Crippen molar-refractivity contribution in [2.75, 3.05) is 11.9 Å². The zero-order valence-corrected chi connectivity index (χ0v) is 16.2. The topological polar surface area (TPSA) is 47.6 Å². The van der Waals surface area contributed by atoms with Crippen LogP contribution < -0.4 is 14.8 Å². The Bertz CT molecular complexity index is 924. The normalized spacial score (nSPS) is 10.8. The first-order valence-electron chi connectivity index (χ1n) is 8.39. The van der Waals surface area contributed by atoms with Gasteiger partial charge in [0, 0.05) is 11.8 Å². The number of amides is 1. The van der Waals surface area contributed by atoms with Crippen molar-refractivity contribution in [2.45, 2.75) is 20.0 Å². The number of halogens is 1. The minimum absolute atomic E-state index is 0.0772. The zero-order chi connectivity index (χ0) is 18.5. The number of fused-ring (bicyclic) bond motifs is 1. The first-order valence-corrected chi connectivity index (χ1v) is 9.19. The Morgan fingerprint density at radius 1 is 1.08 bits per heavy atom. The molecule has 0 fully saturated rings. The highest BCUT2D eigenvalue weighted by molar-refractivity contribution is 9.10. The van der Waals surface area contributed by atoms with E-state index in [-0.39, 0.29) is 18.6 Å². The van der Waals surface area contributed by atoms with Crippen LogP contribution in [-0.4, -0.2) is 18.6 Å². The van der Waals surface area contributed by atoms with Gasteiger partial charge in [0.2, 0.25) is 0 Å². The molecule has 0 spiro atoms. The van der Waals surface area contributed by atoms with E-state index in [4.69, 9.17) is 9.47 Å². The van der Waals surface area contributed by atoms with E-state index < -0.39 is 0 Å². The minimum Gasteiger partial charge on any atom is -0.491 e. The molecule has 0 unspecified atom stereocenters. The molecule has 0 aliphatic carbocycles. The number of carbonyl (C=O) groups is 1. The van der Waals surface area contributed by atoms with Crippen molar-refractivity contribution in [2.24, 2.45) is 0 Å². The van der Waals surface area contributed by atoms with Gasteiger partial charge in [0.05, 0.1) is 10.6 Å². The van der Waals surface area contributed by atoms with Crippen LogP contribution in [0.15, 0.2) is 65.1 Å². The molecule has 0 bridgehead atoms. The Kier molecular flexibility index (Phi) is 5.78. The fourth-order valence-corrected chi connectivity index (χ4v) is 3.19. The molecule has 3 aromatic carbocycles. The molecule has 3 rings (SSSR count). The van der Waals surface area contributed by atoms with Crippen LogP contribution in [0.25, 0.3) is 10.8 Å². The van der Waals surface area contributed by atoms with E-state index in [9.17, 15) is 4.79 Å². The number of hydrogen-bond donors (Lipinski definition) is 1. The summed E-state index contributed by atoms with van der Waals surface area (Å²) in [5.74, 6) is 1.12. The SMILES string of the molecule is CC(C)Oc1cccc(NC(=O)COc2ccc3ccccc3c2Br)c1. The minimum atomic E-state index is -0.230. The van der Waals surface area contributed by atoms with Crippen LogP contribution >= 0.6 is 15.9 Å². The summed E-state index contributed by atoms with van der Waals surface area (Å²) in [6.45, 7) is 3.84. The maximum atomic E-state index is 12.2. The molecule has 0 atom stereocenters. The van der Waals surface area contributed by atoms with Crippen LogP contribution in [0, 0.1) is 0 Å². The van der Waals surface area contributed by atoms with E-state index in [0.29, 0.717) is 11.4 Å². The molecule has 1 amide bonds. The summed E-state index contributed by atoms with van der Waals surface area (Å²) in [6, 6.07) is 19.1.